The van der Waals surface area contributed by atoms with Crippen molar-refractivity contribution >= 4 is 0 Å². The van der Waals surface area contributed by atoms with Gasteiger partial charge in [0.1, 0.15) is 5.67 Å². The van der Waals surface area contributed by atoms with Crippen molar-refractivity contribution < 1.29 is 9.13 Å². The maximum atomic E-state index is 14.8. The van der Waals surface area contributed by atoms with Crippen molar-refractivity contribution in [2.24, 2.45) is 5.73 Å². The number of benzene rings is 1. The van der Waals surface area contributed by atoms with Crippen LogP contribution in [0.25, 0.3) is 0 Å². The highest BCUT2D eigenvalue weighted by atomic mass is 19.1. The predicted molar refractivity (Wildman–Crippen MR) is 71.1 cm³/mol. The normalized spacial score (nSPS) is 22.9. The largest absolute Gasteiger partial charge is 0.378 e. The van der Waals surface area contributed by atoms with Crippen LogP contribution < -0.4 is 5.73 Å². The number of hydrogen-bond acceptors (Lipinski definition) is 2. The van der Waals surface area contributed by atoms with E-state index in [-0.39, 0.29) is 6.54 Å². The number of hydrogen-bond donors (Lipinski definition) is 1. The Morgan fingerprint density at radius 1 is 1.33 bits per heavy atom. The van der Waals surface area contributed by atoms with Crippen LogP contribution in [0.15, 0.2) is 30.3 Å². The van der Waals surface area contributed by atoms with Gasteiger partial charge in [0.05, 0.1) is 6.10 Å². The summed E-state index contributed by atoms with van der Waals surface area (Å²) in [6.07, 6.45) is 4.84. The molecule has 2 atom stereocenters. The van der Waals surface area contributed by atoms with E-state index >= 15 is 0 Å². The third-order valence-electron chi connectivity index (χ3n) is 3.74. The van der Waals surface area contributed by atoms with Crippen molar-refractivity contribution in [2.75, 3.05) is 13.2 Å². The fraction of sp³-hybridized carbons (Fsp3) is 0.600. The van der Waals surface area contributed by atoms with Gasteiger partial charge in [-0.05, 0) is 37.7 Å². The molecule has 3 heteroatoms. The van der Waals surface area contributed by atoms with E-state index in [1.807, 2.05) is 30.3 Å². The van der Waals surface area contributed by atoms with Crippen LogP contribution in [-0.2, 0) is 10.4 Å². The quantitative estimate of drug-likeness (QED) is 0.843. The molecule has 0 amide bonds. The average molecular weight is 251 g/mol. The maximum absolute atomic E-state index is 14.8. The van der Waals surface area contributed by atoms with Crippen molar-refractivity contribution in [1.82, 2.24) is 0 Å². The molecular weight excluding hydrogens is 229 g/mol. The van der Waals surface area contributed by atoms with E-state index in [0.29, 0.717) is 18.1 Å². The summed E-state index contributed by atoms with van der Waals surface area (Å²) in [5, 5.41) is 0. The third kappa shape index (κ3) is 3.30. The molecule has 0 bridgehead atoms. The van der Waals surface area contributed by atoms with Crippen LogP contribution in [0.1, 0.15) is 37.7 Å². The Kier molecular flexibility index (Phi) is 4.72. The van der Waals surface area contributed by atoms with Crippen molar-refractivity contribution in [3.63, 3.8) is 0 Å². The second kappa shape index (κ2) is 6.30. The van der Waals surface area contributed by atoms with Gasteiger partial charge < -0.3 is 10.5 Å². The van der Waals surface area contributed by atoms with Gasteiger partial charge in [-0.15, -0.1) is 0 Å². The monoisotopic (exact) mass is 251 g/mol. The molecule has 1 aliphatic rings. The van der Waals surface area contributed by atoms with Gasteiger partial charge in [0.15, 0.2) is 0 Å². The van der Waals surface area contributed by atoms with E-state index < -0.39 is 5.67 Å². The van der Waals surface area contributed by atoms with Gasteiger partial charge in [-0.25, -0.2) is 4.39 Å². The number of nitrogens with two attached hydrogens (primary N) is 1. The number of ether oxygens (including phenoxy) is 1. The Morgan fingerprint density at radius 3 is 2.72 bits per heavy atom. The summed E-state index contributed by atoms with van der Waals surface area (Å²) in [6, 6.07) is 9.25. The molecule has 2 nitrogen and oxygen atoms in total. The highest BCUT2D eigenvalue weighted by molar-refractivity contribution is 5.22. The minimum absolute atomic E-state index is 0.0442. The molecule has 0 radical (unpaired) electrons. The lowest BCUT2D eigenvalue weighted by atomic mass is 9.89. The van der Waals surface area contributed by atoms with Gasteiger partial charge in [-0.1, -0.05) is 30.3 Å². The highest BCUT2D eigenvalue weighted by Gasteiger charge is 2.30. The zero-order valence-electron chi connectivity index (χ0n) is 10.8. The van der Waals surface area contributed by atoms with Gasteiger partial charge in [-0.2, -0.15) is 0 Å². The summed E-state index contributed by atoms with van der Waals surface area (Å²) < 4.78 is 20.3. The smallest absolute Gasteiger partial charge is 0.148 e. The molecule has 0 aliphatic carbocycles. The van der Waals surface area contributed by atoms with Gasteiger partial charge in [0, 0.05) is 13.2 Å². The molecule has 2 N–H and O–H groups in total. The van der Waals surface area contributed by atoms with Gasteiger partial charge >= 0.3 is 0 Å². The van der Waals surface area contributed by atoms with Gasteiger partial charge in [0.2, 0.25) is 0 Å². The molecule has 2 unspecified atom stereocenters. The van der Waals surface area contributed by atoms with E-state index in [1.165, 1.54) is 0 Å². The minimum atomic E-state index is -1.39. The molecular formula is C15H22FNO. The first-order valence-electron chi connectivity index (χ1n) is 6.81. The fourth-order valence-corrected chi connectivity index (χ4v) is 2.58. The molecule has 100 valence electrons. The minimum Gasteiger partial charge on any atom is -0.378 e. The number of halogens is 1. The van der Waals surface area contributed by atoms with Crippen LogP contribution in [0.2, 0.25) is 0 Å². The molecule has 1 aromatic rings. The summed E-state index contributed by atoms with van der Waals surface area (Å²) in [5.74, 6) is 0. The van der Waals surface area contributed by atoms with Crippen molar-refractivity contribution in [2.45, 2.75) is 43.9 Å². The Balaban J connectivity index is 1.87. The predicted octanol–water partition coefficient (Wildman–Crippen LogP) is 3.16. The molecule has 0 saturated carbocycles. The van der Waals surface area contributed by atoms with Crippen molar-refractivity contribution in [1.29, 1.82) is 0 Å². The Morgan fingerprint density at radius 2 is 2.11 bits per heavy atom. The lowest BCUT2D eigenvalue weighted by Crippen LogP contribution is -2.30. The van der Waals surface area contributed by atoms with Gasteiger partial charge in [0.25, 0.3) is 0 Å². The first-order valence-corrected chi connectivity index (χ1v) is 6.81. The molecule has 1 saturated heterocycles. The average Bonchev–Trinajstić information content (AvgIpc) is 2.93. The Labute approximate surface area is 108 Å². The number of alkyl halides is 1. The third-order valence-corrected chi connectivity index (χ3v) is 3.74. The molecule has 1 fully saturated rings. The number of rotatable bonds is 6. The zero-order chi connectivity index (χ0) is 12.8. The zero-order valence-corrected chi connectivity index (χ0v) is 10.8. The molecule has 1 heterocycles. The molecule has 0 aromatic heterocycles. The SMILES string of the molecule is NCC(F)(CCCC1CCCO1)c1ccccc1. The van der Waals surface area contributed by atoms with Gasteiger partial charge in [-0.3, -0.25) is 0 Å². The van der Waals surface area contributed by atoms with E-state index in [0.717, 1.165) is 32.3 Å². The van der Waals surface area contributed by atoms with Crippen LogP contribution in [0.3, 0.4) is 0 Å². The molecule has 0 spiro atoms. The second-order valence-corrected chi connectivity index (χ2v) is 5.06. The second-order valence-electron chi connectivity index (χ2n) is 5.06. The van der Waals surface area contributed by atoms with Crippen LogP contribution in [0.5, 0.6) is 0 Å². The highest BCUT2D eigenvalue weighted by Crippen LogP contribution is 2.31. The summed E-state index contributed by atoms with van der Waals surface area (Å²) >= 11 is 0. The standard InChI is InChI=1S/C15H22FNO/c16-15(12-17,13-6-2-1-3-7-13)10-4-8-14-9-5-11-18-14/h1-3,6-7,14H,4-5,8-12,17H2. The van der Waals surface area contributed by atoms with Crippen LogP contribution in [-0.4, -0.2) is 19.3 Å². The van der Waals surface area contributed by atoms with Crippen molar-refractivity contribution in [3.8, 4) is 0 Å². The summed E-state index contributed by atoms with van der Waals surface area (Å²) in [5.41, 5.74) is 4.93. The topological polar surface area (TPSA) is 35.2 Å². The molecule has 18 heavy (non-hydrogen) atoms. The molecule has 2 rings (SSSR count). The summed E-state index contributed by atoms with van der Waals surface area (Å²) in [7, 11) is 0. The first kappa shape index (κ1) is 13.5. The van der Waals surface area contributed by atoms with Crippen LogP contribution in [0, 0.1) is 0 Å². The molecule has 1 aliphatic heterocycles. The molecule has 1 aromatic carbocycles. The summed E-state index contributed by atoms with van der Waals surface area (Å²) in [4.78, 5) is 0. The lowest BCUT2D eigenvalue weighted by molar-refractivity contribution is 0.0913. The van der Waals surface area contributed by atoms with Crippen molar-refractivity contribution in [3.05, 3.63) is 35.9 Å². The van der Waals surface area contributed by atoms with Crippen LogP contribution >= 0.6 is 0 Å². The Hall–Kier alpha value is -0.930. The summed E-state index contributed by atoms with van der Waals surface area (Å²) in [6.45, 7) is 0.906. The fourth-order valence-electron chi connectivity index (χ4n) is 2.58. The first-order chi connectivity index (χ1) is 8.74. The Bertz CT molecular complexity index is 351. The maximum Gasteiger partial charge on any atom is 0.148 e. The van der Waals surface area contributed by atoms with E-state index in [9.17, 15) is 4.39 Å². The van der Waals surface area contributed by atoms with Crippen LogP contribution in [0.4, 0.5) is 4.39 Å². The van der Waals surface area contributed by atoms with E-state index in [1.54, 1.807) is 0 Å². The van der Waals surface area contributed by atoms with E-state index in [2.05, 4.69) is 0 Å². The van der Waals surface area contributed by atoms with E-state index in [4.69, 9.17) is 10.5 Å². The lowest BCUT2D eigenvalue weighted by Gasteiger charge is -2.24.